The average molecular weight is 253 g/mol. The maximum absolute atomic E-state index is 5.80. The van der Waals surface area contributed by atoms with Gasteiger partial charge in [-0.25, -0.2) is 15.8 Å². The second-order valence-electron chi connectivity index (χ2n) is 2.92. The monoisotopic (exact) mass is 252 g/mol. The molecule has 0 saturated carbocycles. The van der Waals surface area contributed by atoms with E-state index >= 15 is 0 Å². The summed E-state index contributed by atoms with van der Waals surface area (Å²) in [6.45, 7) is 0. The molecule has 0 bridgehead atoms. The van der Waals surface area contributed by atoms with Crippen molar-refractivity contribution in [3.05, 3.63) is 41.6 Å². The number of aromatic nitrogens is 2. The van der Waals surface area contributed by atoms with Crippen molar-refractivity contribution >= 4 is 29.3 Å². The molecule has 0 amide bonds. The first-order valence-corrected chi connectivity index (χ1v) is 5.70. The third-order valence-corrected chi connectivity index (χ3v) is 2.99. The topological polar surface area (TPSA) is 63.8 Å². The Hall–Kier alpha value is -1.30. The van der Waals surface area contributed by atoms with Crippen LogP contribution in [0.5, 0.6) is 0 Å². The van der Waals surface area contributed by atoms with Crippen molar-refractivity contribution in [3.8, 4) is 0 Å². The number of hydrogen-bond acceptors (Lipinski definition) is 5. The van der Waals surface area contributed by atoms with Gasteiger partial charge in [-0.05, 0) is 30.3 Å². The summed E-state index contributed by atoms with van der Waals surface area (Å²) in [5.41, 5.74) is 2.41. The number of rotatable bonds is 3. The summed E-state index contributed by atoms with van der Waals surface area (Å²) in [6.07, 6.45) is 1.65. The van der Waals surface area contributed by atoms with Gasteiger partial charge in [0.2, 0.25) is 5.95 Å². The Labute approximate surface area is 102 Å². The Morgan fingerprint density at radius 2 is 1.94 bits per heavy atom. The van der Waals surface area contributed by atoms with Crippen LogP contribution in [0.3, 0.4) is 0 Å². The summed E-state index contributed by atoms with van der Waals surface area (Å²) in [6, 6.07) is 9.37. The third kappa shape index (κ3) is 2.85. The van der Waals surface area contributed by atoms with Crippen molar-refractivity contribution in [2.24, 2.45) is 5.84 Å². The first-order chi connectivity index (χ1) is 7.78. The molecule has 82 valence electrons. The second-order valence-corrected chi connectivity index (χ2v) is 4.45. The number of benzene rings is 1. The average Bonchev–Trinajstić information content (AvgIpc) is 2.32. The van der Waals surface area contributed by atoms with E-state index in [4.69, 9.17) is 17.4 Å². The van der Waals surface area contributed by atoms with Crippen molar-refractivity contribution in [1.82, 2.24) is 9.97 Å². The summed E-state index contributed by atoms with van der Waals surface area (Å²) >= 11 is 7.32. The molecule has 4 nitrogen and oxygen atoms in total. The lowest BCUT2D eigenvalue weighted by molar-refractivity contribution is 1.03. The highest BCUT2D eigenvalue weighted by atomic mass is 35.5. The lowest BCUT2D eigenvalue weighted by Crippen LogP contribution is -2.10. The van der Waals surface area contributed by atoms with E-state index in [-0.39, 0.29) is 0 Å². The molecule has 0 fully saturated rings. The summed E-state index contributed by atoms with van der Waals surface area (Å²) in [7, 11) is 0. The summed E-state index contributed by atoms with van der Waals surface area (Å²) < 4.78 is 0. The zero-order valence-corrected chi connectivity index (χ0v) is 9.79. The third-order valence-electron chi connectivity index (χ3n) is 1.80. The number of nitrogens with two attached hydrogens (primary N) is 1. The molecule has 1 aromatic heterocycles. The molecule has 2 rings (SSSR count). The van der Waals surface area contributed by atoms with E-state index in [1.807, 2.05) is 30.3 Å². The molecule has 0 saturated heterocycles. The van der Waals surface area contributed by atoms with Gasteiger partial charge in [-0.1, -0.05) is 23.4 Å². The van der Waals surface area contributed by atoms with Crippen LogP contribution in [0, 0.1) is 0 Å². The number of halogens is 1. The molecule has 3 N–H and O–H groups in total. The molecule has 1 aromatic carbocycles. The van der Waals surface area contributed by atoms with E-state index in [1.54, 1.807) is 6.20 Å². The first kappa shape index (κ1) is 11.2. The van der Waals surface area contributed by atoms with E-state index in [9.17, 15) is 0 Å². The molecule has 0 aliphatic rings. The van der Waals surface area contributed by atoms with Crippen molar-refractivity contribution in [3.63, 3.8) is 0 Å². The van der Waals surface area contributed by atoms with E-state index in [2.05, 4.69) is 15.4 Å². The van der Waals surface area contributed by atoms with Crippen molar-refractivity contribution < 1.29 is 0 Å². The fraction of sp³-hybridized carbons (Fsp3) is 0. The number of nitrogens with one attached hydrogen (secondary N) is 1. The number of anilines is 1. The lowest BCUT2D eigenvalue weighted by atomic mass is 10.4. The van der Waals surface area contributed by atoms with Gasteiger partial charge in [0.15, 0.2) is 0 Å². The zero-order valence-electron chi connectivity index (χ0n) is 8.22. The van der Waals surface area contributed by atoms with Crippen LogP contribution >= 0.6 is 23.4 Å². The van der Waals surface area contributed by atoms with Gasteiger partial charge in [-0.3, -0.25) is 5.43 Å². The molecule has 6 heteroatoms. The van der Waals surface area contributed by atoms with Gasteiger partial charge in [0.05, 0.1) is 0 Å². The maximum Gasteiger partial charge on any atom is 0.238 e. The molecule has 0 radical (unpaired) electrons. The fourth-order valence-electron chi connectivity index (χ4n) is 1.09. The van der Waals surface area contributed by atoms with Gasteiger partial charge < -0.3 is 0 Å². The van der Waals surface area contributed by atoms with Crippen molar-refractivity contribution in [2.75, 3.05) is 5.43 Å². The number of hydrogen-bond donors (Lipinski definition) is 2. The lowest BCUT2D eigenvalue weighted by Gasteiger charge is -2.02. The summed E-state index contributed by atoms with van der Waals surface area (Å²) in [5, 5.41) is 1.54. The van der Waals surface area contributed by atoms with Crippen LogP contribution in [0.4, 0.5) is 5.95 Å². The van der Waals surface area contributed by atoms with E-state index in [1.165, 1.54) is 11.8 Å². The summed E-state index contributed by atoms with van der Waals surface area (Å²) in [5.74, 6) is 5.63. The Morgan fingerprint density at radius 1 is 1.19 bits per heavy atom. The molecule has 0 aliphatic heterocycles. The van der Waals surface area contributed by atoms with Gasteiger partial charge in [-0.15, -0.1) is 0 Å². The second kappa shape index (κ2) is 5.16. The standard InChI is InChI=1S/C10H9ClN4S/c11-7-1-3-8(4-2-7)16-9-5-6-13-10(14-9)15-12/h1-6H,12H2,(H,13,14,15). The van der Waals surface area contributed by atoms with Crippen LogP contribution < -0.4 is 11.3 Å². The van der Waals surface area contributed by atoms with Gasteiger partial charge >= 0.3 is 0 Å². The molecule has 1 heterocycles. The molecule has 0 aliphatic carbocycles. The quantitative estimate of drug-likeness (QED) is 0.499. The smallest absolute Gasteiger partial charge is 0.238 e. The molecule has 0 spiro atoms. The number of hydrazine groups is 1. The minimum absolute atomic E-state index is 0.402. The van der Waals surface area contributed by atoms with Crippen molar-refractivity contribution in [2.45, 2.75) is 9.92 Å². The van der Waals surface area contributed by atoms with Crippen LogP contribution in [0.2, 0.25) is 5.02 Å². The SMILES string of the molecule is NNc1nccc(Sc2ccc(Cl)cc2)n1. The van der Waals surface area contributed by atoms with Gasteiger partial charge in [0.1, 0.15) is 5.03 Å². The highest BCUT2D eigenvalue weighted by Gasteiger charge is 2.00. The minimum atomic E-state index is 0.402. The van der Waals surface area contributed by atoms with E-state index < -0.39 is 0 Å². The fourth-order valence-corrected chi connectivity index (χ4v) is 1.99. The van der Waals surface area contributed by atoms with Crippen LogP contribution in [0.15, 0.2) is 46.5 Å². The molecular weight excluding hydrogens is 244 g/mol. The Bertz CT molecular complexity index is 475. The largest absolute Gasteiger partial charge is 0.292 e. The molecule has 2 aromatic rings. The highest BCUT2D eigenvalue weighted by molar-refractivity contribution is 7.99. The van der Waals surface area contributed by atoms with Gasteiger partial charge in [-0.2, -0.15) is 0 Å². The highest BCUT2D eigenvalue weighted by Crippen LogP contribution is 2.27. The molecule has 16 heavy (non-hydrogen) atoms. The zero-order chi connectivity index (χ0) is 11.4. The molecule has 0 unspecified atom stereocenters. The van der Waals surface area contributed by atoms with Crippen molar-refractivity contribution in [1.29, 1.82) is 0 Å². The van der Waals surface area contributed by atoms with E-state index in [0.29, 0.717) is 5.95 Å². The Morgan fingerprint density at radius 3 is 2.62 bits per heavy atom. The predicted octanol–water partition coefficient (Wildman–Crippen LogP) is 2.57. The van der Waals surface area contributed by atoms with Crippen LogP contribution in [-0.2, 0) is 0 Å². The molecule has 0 atom stereocenters. The predicted molar refractivity (Wildman–Crippen MR) is 65.4 cm³/mol. The maximum atomic E-state index is 5.80. The van der Waals surface area contributed by atoms with Gasteiger partial charge in [0, 0.05) is 16.1 Å². The van der Waals surface area contributed by atoms with Crippen LogP contribution in [0.25, 0.3) is 0 Å². The first-order valence-electron chi connectivity index (χ1n) is 4.51. The number of nitrogens with zero attached hydrogens (tertiary/aromatic N) is 2. The van der Waals surface area contributed by atoms with Crippen LogP contribution in [0.1, 0.15) is 0 Å². The summed E-state index contributed by atoms with van der Waals surface area (Å²) in [4.78, 5) is 9.18. The molecular formula is C10H9ClN4S. The van der Waals surface area contributed by atoms with Crippen LogP contribution in [-0.4, -0.2) is 9.97 Å². The minimum Gasteiger partial charge on any atom is -0.292 e. The normalized spacial score (nSPS) is 10.1. The Kier molecular flexibility index (Phi) is 3.61. The van der Waals surface area contributed by atoms with E-state index in [0.717, 1.165) is 14.9 Å². The van der Waals surface area contributed by atoms with Gasteiger partial charge in [0.25, 0.3) is 0 Å². The Balaban J connectivity index is 2.16. The number of nitrogen functional groups attached to an aromatic ring is 1.